The number of pyridine rings is 1. The Morgan fingerprint density at radius 1 is 1.32 bits per heavy atom. The van der Waals surface area contributed by atoms with Gasteiger partial charge in [0.1, 0.15) is 5.15 Å². The molecular formula is C20H22ClN5O2. The van der Waals surface area contributed by atoms with Crippen LogP contribution in [0.25, 0.3) is 0 Å². The third kappa shape index (κ3) is 3.95. The molecule has 0 amide bonds. The lowest BCUT2D eigenvalue weighted by atomic mass is 10.1. The van der Waals surface area contributed by atoms with Crippen molar-refractivity contribution in [3.05, 3.63) is 86.1 Å². The van der Waals surface area contributed by atoms with Crippen LogP contribution in [0.5, 0.6) is 0 Å². The van der Waals surface area contributed by atoms with Gasteiger partial charge in [0.2, 0.25) is 0 Å². The van der Waals surface area contributed by atoms with Gasteiger partial charge in [0.15, 0.2) is 5.82 Å². The second-order valence-corrected chi connectivity index (χ2v) is 7.75. The Morgan fingerprint density at radius 3 is 2.89 bits per heavy atom. The van der Waals surface area contributed by atoms with Crippen molar-refractivity contribution in [1.82, 2.24) is 20.1 Å². The lowest BCUT2D eigenvalue weighted by Gasteiger charge is -2.36. The van der Waals surface area contributed by atoms with Crippen molar-refractivity contribution < 1.29 is 4.92 Å². The highest BCUT2D eigenvalue weighted by Crippen LogP contribution is 2.27. The molecular weight excluding hydrogens is 378 g/mol. The van der Waals surface area contributed by atoms with Gasteiger partial charge in [0.05, 0.1) is 24.2 Å². The molecule has 0 saturated carbocycles. The van der Waals surface area contributed by atoms with Crippen molar-refractivity contribution in [1.29, 1.82) is 0 Å². The number of nitro groups is 1. The largest absolute Gasteiger partial charge is 0.364 e. The van der Waals surface area contributed by atoms with Gasteiger partial charge in [0, 0.05) is 19.3 Å². The monoisotopic (exact) mass is 399 g/mol. The van der Waals surface area contributed by atoms with Gasteiger partial charge in [-0.15, -0.1) is 0 Å². The van der Waals surface area contributed by atoms with Crippen LogP contribution in [0, 0.1) is 17.0 Å². The van der Waals surface area contributed by atoms with Crippen molar-refractivity contribution in [3.8, 4) is 0 Å². The van der Waals surface area contributed by atoms with Crippen LogP contribution >= 0.6 is 11.6 Å². The number of halogens is 1. The predicted octanol–water partition coefficient (Wildman–Crippen LogP) is 2.78. The van der Waals surface area contributed by atoms with Gasteiger partial charge in [0.25, 0.3) is 5.70 Å². The topological polar surface area (TPSA) is 74.5 Å². The number of rotatable bonds is 5. The van der Waals surface area contributed by atoms with E-state index in [1.807, 2.05) is 12.1 Å². The summed E-state index contributed by atoms with van der Waals surface area (Å²) < 4.78 is 0. The van der Waals surface area contributed by atoms with E-state index in [9.17, 15) is 10.1 Å². The van der Waals surface area contributed by atoms with Gasteiger partial charge in [-0.2, -0.15) is 0 Å². The molecule has 2 aliphatic heterocycles. The molecule has 4 rings (SSSR count). The minimum Gasteiger partial charge on any atom is -0.364 e. The second kappa shape index (κ2) is 7.77. The third-order valence-electron chi connectivity index (χ3n) is 5.20. The summed E-state index contributed by atoms with van der Waals surface area (Å²) >= 11 is 5.88. The number of aromatic nitrogens is 1. The Morgan fingerprint density at radius 2 is 2.18 bits per heavy atom. The van der Waals surface area contributed by atoms with E-state index in [4.69, 9.17) is 11.6 Å². The lowest BCUT2D eigenvalue weighted by Crippen LogP contribution is -2.47. The van der Waals surface area contributed by atoms with Gasteiger partial charge < -0.3 is 10.2 Å². The first kappa shape index (κ1) is 18.7. The molecule has 1 N–H and O–H groups in total. The second-order valence-electron chi connectivity index (χ2n) is 7.37. The first-order valence-corrected chi connectivity index (χ1v) is 9.64. The molecule has 2 aromatic rings. The molecule has 1 unspecified atom stereocenters. The van der Waals surface area contributed by atoms with Gasteiger partial charge in [-0.3, -0.25) is 15.0 Å². The van der Waals surface area contributed by atoms with E-state index in [2.05, 4.69) is 45.2 Å². The van der Waals surface area contributed by atoms with E-state index >= 15 is 0 Å². The molecule has 1 aromatic heterocycles. The summed E-state index contributed by atoms with van der Waals surface area (Å²) in [6.07, 6.45) is 2.52. The summed E-state index contributed by atoms with van der Waals surface area (Å²) in [6, 6.07) is 12.1. The molecule has 1 aromatic carbocycles. The number of nitrogens with zero attached hydrogens (tertiary/aromatic N) is 4. The zero-order valence-electron chi connectivity index (χ0n) is 15.6. The molecule has 7 nitrogen and oxygen atoms in total. The summed E-state index contributed by atoms with van der Waals surface area (Å²) in [7, 11) is 0. The van der Waals surface area contributed by atoms with Gasteiger partial charge >= 0.3 is 0 Å². The molecule has 0 radical (unpaired) electrons. The van der Waals surface area contributed by atoms with Crippen LogP contribution in [0.3, 0.4) is 0 Å². The maximum Gasteiger partial charge on any atom is 0.299 e. The number of hydrogen-bond donors (Lipinski definition) is 1. The highest BCUT2D eigenvalue weighted by atomic mass is 35.5. The van der Waals surface area contributed by atoms with Crippen LogP contribution in [0.15, 0.2) is 54.1 Å². The molecule has 0 bridgehead atoms. The summed E-state index contributed by atoms with van der Waals surface area (Å²) in [5.74, 6) is 0.650. The van der Waals surface area contributed by atoms with Gasteiger partial charge in [-0.1, -0.05) is 47.5 Å². The van der Waals surface area contributed by atoms with Gasteiger partial charge in [-0.05, 0) is 30.5 Å². The number of fused-ring (bicyclic) bond motifs is 1. The summed E-state index contributed by atoms with van der Waals surface area (Å²) in [6.45, 7) is 4.39. The molecule has 28 heavy (non-hydrogen) atoms. The minimum atomic E-state index is -0.260. The Balaban J connectivity index is 1.55. The van der Waals surface area contributed by atoms with E-state index in [-0.39, 0.29) is 16.7 Å². The normalized spacial score (nSPS) is 19.5. The Bertz CT molecular complexity index is 915. The molecule has 2 aliphatic rings. The zero-order valence-corrected chi connectivity index (χ0v) is 16.4. The van der Waals surface area contributed by atoms with Crippen LogP contribution in [-0.4, -0.2) is 45.5 Å². The molecule has 0 spiro atoms. The highest BCUT2D eigenvalue weighted by Gasteiger charge is 2.40. The first-order chi connectivity index (χ1) is 13.5. The number of benzene rings is 1. The van der Waals surface area contributed by atoms with Crippen LogP contribution in [0.1, 0.15) is 16.7 Å². The van der Waals surface area contributed by atoms with Crippen molar-refractivity contribution >= 4 is 11.6 Å². The van der Waals surface area contributed by atoms with Crippen molar-refractivity contribution in [3.63, 3.8) is 0 Å². The molecule has 3 heterocycles. The van der Waals surface area contributed by atoms with Crippen molar-refractivity contribution in [2.45, 2.75) is 25.9 Å². The average Bonchev–Trinajstić information content (AvgIpc) is 3.05. The molecule has 146 valence electrons. The van der Waals surface area contributed by atoms with E-state index in [1.165, 1.54) is 5.56 Å². The van der Waals surface area contributed by atoms with Crippen LogP contribution < -0.4 is 5.32 Å². The summed E-state index contributed by atoms with van der Waals surface area (Å²) in [5, 5.41) is 15.4. The Hall–Kier alpha value is -2.64. The molecule has 1 fully saturated rings. The highest BCUT2D eigenvalue weighted by molar-refractivity contribution is 6.29. The fraction of sp³-hybridized carbons (Fsp3) is 0.350. The van der Waals surface area contributed by atoms with E-state index in [0.717, 1.165) is 17.5 Å². The lowest BCUT2D eigenvalue weighted by molar-refractivity contribution is -0.432. The number of hydrogen-bond acceptors (Lipinski definition) is 6. The number of aryl methyl sites for hydroxylation is 1. The quantitative estimate of drug-likeness (QED) is 0.473. The van der Waals surface area contributed by atoms with E-state index in [1.54, 1.807) is 12.3 Å². The maximum absolute atomic E-state index is 11.7. The molecule has 8 heteroatoms. The van der Waals surface area contributed by atoms with Crippen LogP contribution in [-0.2, 0) is 13.0 Å². The van der Waals surface area contributed by atoms with E-state index in [0.29, 0.717) is 37.3 Å². The SMILES string of the molecule is Cc1cccc(CN2CC([N+](=O)[O-])=C3NCC(Cc4ccc(Cl)nc4)N3C2)c1. The van der Waals surface area contributed by atoms with Crippen LogP contribution in [0.2, 0.25) is 5.15 Å². The standard InChI is InChI=1S/C20H22ClN5O2/c1-14-3-2-4-16(7-14)11-24-12-18(26(27)28)20-23-10-17(25(20)13-24)8-15-5-6-19(21)22-9-15/h2-7,9,17,23H,8,10-13H2,1H3. The smallest absolute Gasteiger partial charge is 0.299 e. The molecule has 0 aliphatic carbocycles. The Kier molecular flexibility index (Phi) is 5.19. The third-order valence-corrected chi connectivity index (χ3v) is 5.42. The Labute approximate surface area is 168 Å². The summed E-state index contributed by atoms with van der Waals surface area (Å²) in [5.41, 5.74) is 3.65. The minimum absolute atomic E-state index is 0.133. The number of nitrogens with one attached hydrogen (secondary N) is 1. The van der Waals surface area contributed by atoms with E-state index < -0.39 is 0 Å². The summed E-state index contributed by atoms with van der Waals surface area (Å²) in [4.78, 5) is 19.8. The molecule has 1 atom stereocenters. The first-order valence-electron chi connectivity index (χ1n) is 9.26. The fourth-order valence-electron chi connectivity index (χ4n) is 3.92. The van der Waals surface area contributed by atoms with Crippen LogP contribution in [0.4, 0.5) is 0 Å². The zero-order chi connectivity index (χ0) is 19.7. The maximum atomic E-state index is 11.7. The van der Waals surface area contributed by atoms with Gasteiger partial charge in [-0.25, -0.2) is 4.98 Å². The predicted molar refractivity (Wildman–Crippen MR) is 107 cm³/mol. The molecule has 1 saturated heterocycles. The fourth-order valence-corrected chi connectivity index (χ4v) is 4.03. The van der Waals surface area contributed by atoms with Crippen molar-refractivity contribution in [2.24, 2.45) is 0 Å². The van der Waals surface area contributed by atoms with Crippen molar-refractivity contribution in [2.75, 3.05) is 19.8 Å². The average molecular weight is 400 g/mol.